The molecule has 4 heterocycles. The van der Waals surface area contributed by atoms with Crippen LogP contribution < -0.4 is 10.1 Å². The summed E-state index contributed by atoms with van der Waals surface area (Å²) < 4.78 is 6.52. The number of aromatic nitrogens is 4. The number of rotatable bonds is 5. The Morgan fingerprint density at radius 1 is 1.17 bits per heavy atom. The topological polar surface area (TPSA) is 95.7 Å². The molecule has 8 heteroatoms. The molecule has 29 heavy (non-hydrogen) atoms. The van der Waals surface area contributed by atoms with Gasteiger partial charge in [-0.15, -0.1) is 11.3 Å². The van der Waals surface area contributed by atoms with Crippen LogP contribution in [-0.4, -0.2) is 32.8 Å². The zero-order chi connectivity index (χ0) is 19.6. The lowest BCUT2D eigenvalue weighted by molar-refractivity contribution is 0.200. The third-order valence-electron chi connectivity index (χ3n) is 4.63. The van der Waals surface area contributed by atoms with E-state index in [9.17, 15) is 4.79 Å². The van der Waals surface area contributed by atoms with E-state index in [1.807, 2.05) is 41.8 Å². The molecule has 0 saturated heterocycles. The Hall–Kier alpha value is -3.65. The zero-order valence-corrected chi connectivity index (χ0v) is 16.1. The lowest BCUT2D eigenvalue weighted by Gasteiger charge is -2.06. The van der Waals surface area contributed by atoms with Gasteiger partial charge in [-0.3, -0.25) is 10.1 Å². The molecule has 4 aromatic heterocycles. The van der Waals surface area contributed by atoms with Crippen molar-refractivity contribution in [3.8, 4) is 17.1 Å². The standard InChI is InChI=1S/C21H17N5O2S/c27-21(23-8-5-13-2-1-7-22-12-13)28-15-4-3-14-10-18(24-17(14)11-15)19-20-16(25-26-19)6-9-29-20/h1-4,6-7,9-12,24H,5,8H2,(H,23,27)(H,25,26). The van der Waals surface area contributed by atoms with Crippen LogP contribution in [0.5, 0.6) is 5.75 Å². The van der Waals surface area contributed by atoms with E-state index in [2.05, 4.69) is 25.5 Å². The fourth-order valence-electron chi connectivity index (χ4n) is 3.23. The smallest absolute Gasteiger partial charge is 0.410 e. The van der Waals surface area contributed by atoms with Gasteiger partial charge < -0.3 is 15.0 Å². The maximum absolute atomic E-state index is 12.1. The molecule has 5 rings (SSSR count). The molecule has 7 nitrogen and oxygen atoms in total. The van der Waals surface area contributed by atoms with E-state index in [4.69, 9.17) is 4.74 Å². The van der Waals surface area contributed by atoms with Gasteiger partial charge in [0.25, 0.3) is 0 Å². The summed E-state index contributed by atoms with van der Waals surface area (Å²) in [5.74, 6) is 0.480. The SMILES string of the molecule is O=C(NCCc1cccnc1)Oc1ccc2cc(-c3n[nH]c4ccsc34)[nH]c2c1. The van der Waals surface area contributed by atoms with E-state index in [0.29, 0.717) is 18.7 Å². The van der Waals surface area contributed by atoms with Gasteiger partial charge in [0, 0.05) is 35.9 Å². The van der Waals surface area contributed by atoms with E-state index < -0.39 is 6.09 Å². The molecule has 0 saturated carbocycles. The summed E-state index contributed by atoms with van der Waals surface area (Å²) >= 11 is 1.65. The number of fused-ring (bicyclic) bond motifs is 2. The van der Waals surface area contributed by atoms with E-state index in [-0.39, 0.29) is 0 Å². The Balaban J connectivity index is 1.27. The molecule has 0 spiro atoms. The summed E-state index contributed by atoms with van der Waals surface area (Å²) in [7, 11) is 0. The number of carbonyl (C=O) groups is 1. The minimum absolute atomic E-state index is 0.479. The summed E-state index contributed by atoms with van der Waals surface area (Å²) in [5, 5.41) is 13.3. The summed E-state index contributed by atoms with van der Waals surface area (Å²) in [6.45, 7) is 0.482. The third kappa shape index (κ3) is 3.57. The highest BCUT2D eigenvalue weighted by molar-refractivity contribution is 7.17. The number of amides is 1. The van der Waals surface area contributed by atoms with Crippen molar-refractivity contribution >= 4 is 38.5 Å². The van der Waals surface area contributed by atoms with Crippen molar-refractivity contribution in [2.45, 2.75) is 6.42 Å². The van der Waals surface area contributed by atoms with Gasteiger partial charge >= 0.3 is 6.09 Å². The molecule has 1 aromatic carbocycles. The van der Waals surface area contributed by atoms with Crippen molar-refractivity contribution in [3.63, 3.8) is 0 Å². The fraction of sp³-hybridized carbons (Fsp3) is 0.0952. The molecule has 0 aliphatic rings. The van der Waals surface area contributed by atoms with Crippen LogP contribution in [0.3, 0.4) is 0 Å². The fourth-order valence-corrected chi connectivity index (χ4v) is 4.07. The number of carbonyl (C=O) groups excluding carboxylic acids is 1. The highest BCUT2D eigenvalue weighted by Gasteiger charge is 2.13. The first-order chi connectivity index (χ1) is 14.3. The first-order valence-corrected chi connectivity index (χ1v) is 10.0. The first kappa shape index (κ1) is 17.4. The largest absolute Gasteiger partial charge is 0.412 e. The Morgan fingerprint density at radius 2 is 2.14 bits per heavy atom. The predicted octanol–water partition coefficient (Wildman–Crippen LogP) is 4.50. The average molecular weight is 403 g/mol. The number of benzene rings is 1. The van der Waals surface area contributed by atoms with E-state index in [1.54, 1.807) is 29.8 Å². The average Bonchev–Trinajstić information content (AvgIpc) is 3.43. The molecule has 3 N–H and O–H groups in total. The Bertz CT molecular complexity index is 1290. The number of hydrogen-bond donors (Lipinski definition) is 3. The van der Waals surface area contributed by atoms with Gasteiger partial charge in [0.1, 0.15) is 11.4 Å². The minimum atomic E-state index is -0.479. The van der Waals surface area contributed by atoms with Crippen molar-refractivity contribution in [2.24, 2.45) is 0 Å². The van der Waals surface area contributed by atoms with Crippen molar-refractivity contribution in [3.05, 3.63) is 65.8 Å². The number of ether oxygens (including phenoxy) is 1. The van der Waals surface area contributed by atoms with Crippen LogP contribution in [0.1, 0.15) is 5.56 Å². The number of nitrogens with one attached hydrogen (secondary N) is 3. The summed E-state index contributed by atoms with van der Waals surface area (Å²) in [6, 6.07) is 13.4. The summed E-state index contributed by atoms with van der Waals surface area (Å²) in [5.41, 5.74) is 4.78. The number of H-pyrrole nitrogens is 2. The van der Waals surface area contributed by atoms with E-state index >= 15 is 0 Å². The highest BCUT2D eigenvalue weighted by Crippen LogP contribution is 2.32. The second kappa shape index (κ2) is 7.40. The van der Waals surface area contributed by atoms with Gasteiger partial charge in [-0.05, 0) is 47.7 Å². The number of pyridine rings is 1. The Morgan fingerprint density at radius 3 is 3.03 bits per heavy atom. The van der Waals surface area contributed by atoms with Gasteiger partial charge in [0.15, 0.2) is 0 Å². The summed E-state index contributed by atoms with van der Waals surface area (Å²) in [4.78, 5) is 19.5. The van der Waals surface area contributed by atoms with Gasteiger partial charge in [-0.25, -0.2) is 4.79 Å². The molecule has 1 amide bonds. The normalized spacial score (nSPS) is 11.2. The molecule has 144 valence electrons. The monoisotopic (exact) mass is 403 g/mol. The van der Waals surface area contributed by atoms with Gasteiger partial charge in [-0.2, -0.15) is 5.10 Å². The van der Waals surface area contributed by atoms with Crippen LogP contribution in [0.15, 0.2) is 60.2 Å². The maximum Gasteiger partial charge on any atom is 0.412 e. The molecule has 0 unspecified atom stereocenters. The molecule has 0 atom stereocenters. The lowest BCUT2D eigenvalue weighted by atomic mass is 10.2. The number of hydrogen-bond acceptors (Lipinski definition) is 5. The van der Waals surface area contributed by atoms with Crippen LogP contribution in [-0.2, 0) is 6.42 Å². The lowest BCUT2D eigenvalue weighted by Crippen LogP contribution is -2.28. The molecule has 0 radical (unpaired) electrons. The van der Waals surface area contributed by atoms with Crippen LogP contribution in [0, 0.1) is 0 Å². The minimum Gasteiger partial charge on any atom is -0.410 e. The Labute approximate surface area is 169 Å². The van der Waals surface area contributed by atoms with Gasteiger partial charge in [0.2, 0.25) is 0 Å². The van der Waals surface area contributed by atoms with Crippen molar-refractivity contribution in [1.82, 2.24) is 25.5 Å². The number of aromatic amines is 2. The molecule has 0 fully saturated rings. The van der Waals surface area contributed by atoms with Crippen LogP contribution >= 0.6 is 11.3 Å². The number of thiophene rings is 1. The second-order valence-corrected chi connectivity index (χ2v) is 7.51. The molecular weight excluding hydrogens is 386 g/mol. The molecule has 0 bridgehead atoms. The number of nitrogens with zero attached hydrogens (tertiary/aromatic N) is 2. The van der Waals surface area contributed by atoms with Crippen molar-refractivity contribution < 1.29 is 9.53 Å². The van der Waals surface area contributed by atoms with Gasteiger partial charge in [-0.1, -0.05) is 6.07 Å². The highest BCUT2D eigenvalue weighted by atomic mass is 32.1. The van der Waals surface area contributed by atoms with E-state index in [1.165, 1.54) is 0 Å². The Kier molecular flexibility index (Phi) is 4.45. The van der Waals surface area contributed by atoms with Crippen LogP contribution in [0.4, 0.5) is 4.79 Å². The molecule has 0 aliphatic heterocycles. The summed E-state index contributed by atoms with van der Waals surface area (Å²) in [6.07, 6.45) is 3.73. The van der Waals surface area contributed by atoms with Crippen LogP contribution in [0.25, 0.3) is 32.5 Å². The maximum atomic E-state index is 12.1. The van der Waals surface area contributed by atoms with Crippen LogP contribution in [0.2, 0.25) is 0 Å². The van der Waals surface area contributed by atoms with Crippen molar-refractivity contribution in [1.29, 1.82) is 0 Å². The van der Waals surface area contributed by atoms with Gasteiger partial charge in [0.05, 0.1) is 15.9 Å². The van der Waals surface area contributed by atoms with Crippen molar-refractivity contribution in [2.75, 3.05) is 6.54 Å². The first-order valence-electron chi connectivity index (χ1n) is 9.15. The predicted molar refractivity (Wildman–Crippen MR) is 113 cm³/mol. The quantitative estimate of drug-likeness (QED) is 0.403. The second-order valence-electron chi connectivity index (χ2n) is 6.60. The zero-order valence-electron chi connectivity index (χ0n) is 15.3. The van der Waals surface area contributed by atoms with E-state index in [0.717, 1.165) is 38.1 Å². The molecular formula is C21H17N5O2S. The molecule has 0 aliphatic carbocycles. The third-order valence-corrected chi connectivity index (χ3v) is 5.55. The molecule has 5 aromatic rings.